The molecule has 0 aliphatic carbocycles. The normalized spacial score (nSPS) is 10.9. The molecule has 0 unspecified atom stereocenters. The predicted molar refractivity (Wildman–Crippen MR) is 58.4 cm³/mol. The van der Waals surface area contributed by atoms with Crippen LogP contribution in [0.1, 0.15) is 11.3 Å². The molecule has 2 aromatic rings. The molecule has 3 nitrogen and oxygen atoms in total. The number of nitrogen functional groups attached to an aromatic ring is 1. The highest BCUT2D eigenvalue weighted by Gasteiger charge is 1.88. The van der Waals surface area contributed by atoms with Crippen LogP contribution in [0, 0.1) is 0 Å². The number of nitrogens with zero attached hydrogens (tertiary/aromatic N) is 1. The number of imidazole rings is 1. The van der Waals surface area contributed by atoms with Crippen LogP contribution in [-0.4, -0.2) is 9.97 Å². The lowest BCUT2D eigenvalue weighted by Gasteiger charge is -1.93. The lowest BCUT2D eigenvalue weighted by atomic mass is 10.2. The van der Waals surface area contributed by atoms with Gasteiger partial charge in [0.2, 0.25) is 0 Å². The van der Waals surface area contributed by atoms with Crippen LogP contribution in [0.5, 0.6) is 0 Å². The van der Waals surface area contributed by atoms with E-state index in [9.17, 15) is 0 Å². The average molecular weight is 185 g/mol. The summed E-state index contributed by atoms with van der Waals surface area (Å²) in [5.74, 6) is 0. The van der Waals surface area contributed by atoms with Gasteiger partial charge in [-0.2, -0.15) is 0 Å². The number of nitrogens with one attached hydrogen (secondary N) is 1. The summed E-state index contributed by atoms with van der Waals surface area (Å²) in [6, 6.07) is 7.71. The topological polar surface area (TPSA) is 54.7 Å². The van der Waals surface area contributed by atoms with Crippen LogP contribution in [0.3, 0.4) is 0 Å². The van der Waals surface area contributed by atoms with E-state index in [1.165, 1.54) is 0 Å². The maximum absolute atomic E-state index is 5.58. The smallest absolute Gasteiger partial charge is 0.0924 e. The summed E-state index contributed by atoms with van der Waals surface area (Å²) < 4.78 is 0. The fourth-order valence-corrected chi connectivity index (χ4v) is 1.15. The second kappa shape index (κ2) is 3.79. The van der Waals surface area contributed by atoms with E-state index < -0.39 is 0 Å². The van der Waals surface area contributed by atoms with Gasteiger partial charge in [-0.3, -0.25) is 0 Å². The standard InChI is InChI=1S/C11H11N3/c12-10-4-1-9(2-5-10)3-6-11-7-13-8-14-11/h1-8H,12H2,(H,13,14)/b6-3+. The van der Waals surface area contributed by atoms with Crippen LogP contribution < -0.4 is 5.73 Å². The van der Waals surface area contributed by atoms with Gasteiger partial charge >= 0.3 is 0 Å². The van der Waals surface area contributed by atoms with Gasteiger partial charge in [-0.05, 0) is 23.8 Å². The van der Waals surface area contributed by atoms with E-state index in [4.69, 9.17) is 5.73 Å². The molecule has 0 spiro atoms. The first-order valence-corrected chi connectivity index (χ1v) is 4.36. The molecule has 0 aliphatic rings. The van der Waals surface area contributed by atoms with Crippen LogP contribution in [0.15, 0.2) is 36.8 Å². The molecule has 1 aromatic carbocycles. The van der Waals surface area contributed by atoms with Crippen LogP contribution in [0.4, 0.5) is 5.69 Å². The number of rotatable bonds is 2. The Labute approximate surface area is 82.3 Å². The van der Waals surface area contributed by atoms with Gasteiger partial charge in [-0.1, -0.05) is 18.2 Å². The third-order valence-corrected chi connectivity index (χ3v) is 1.91. The highest BCUT2D eigenvalue weighted by molar-refractivity contribution is 5.68. The minimum absolute atomic E-state index is 0.781. The zero-order valence-electron chi connectivity index (χ0n) is 7.64. The first-order chi connectivity index (χ1) is 6.84. The zero-order valence-corrected chi connectivity index (χ0v) is 7.64. The maximum atomic E-state index is 5.58. The lowest BCUT2D eigenvalue weighted by molar-refractivity contribution is 1.31. The van der Waals surface area contributed by atoms with E-state index in [0.717, 1.165) is 16.9 Å². The summed E-state index contributed by atoms with van der Waals surface area (Å²) in [7, 11) is 0. The molecule has 0 saturated carbocycles. The Bertz CT molecular complexity index is 412. The van der Waals surface area contributed by atoms with Crippen molar-refractivity contribution in [3.63, 3.8) is 0 Å². The van der Waals surface area contributed by atoms with Crippen LogP contribution in [-0.2, 0) is 0 Å². The molecule has 1 aromatic heterocycles. The maximum Gasteiger partial charge on any atom is 0.0924 e. The van der Waals surface area contributed by atoms with Crippen molar-refractivity contribution < 1.29 is 0 Å². The van der Waals surface area contributed by atoms with Crippen molar-refractivity contribution in [2.45, 2.75) is 0 Å². The molecule has 0 bridgehead atoms. The number of hydrogen-bond acceptors (Lipinski definition) is 2. The fourth-order valence-electron chi connectivity index (χ4n) is 1.15. The molecule has 0 amide bonds. The van der Waals surface area contributed by atoms with Crippen molar-refractivity contribution in [1.29, 1.82) is 0 Å². The first-order valence-electron chi connectivity index (χ1n) is 4.36. The summed E-state index contributed by atoms with van der Waals surface area (Å²) in [6.45, 7) is 0. The highest BCUT2D eigenvalue weighted by atomic mass is 14.8. The molecule has 3 N–H and O–H groups in total. The Kier molecular flexibility index (Phi) is 2.32. The molecule has 1 heterocycles. The Morgan fingerprint density at radius 1 is 1.14 bits per heavy atom. The molecule has 70 valence electrons. The van der Waals surface area contributed by atoms with E-state index >= 15 is 0 Å². The first kappa shape index (κ1) is 8.56. The van der Waals surface area contributed by atoms with Gasteiger partial charge in [0.25, 0.3) is 0 Å². The summed E-state index contributed by atoms with van der Waals surface area (Å²) in [4.78, 5) is 6.92. The summed E-state index contributed by atoms with van der Waals surface area (Å²) >= 11 is 0. The van der Waals surface area contributed by atoms with Gasteiger partial charge in [-0.25, -0.2) is 4.98 Å². The third-order valence-electron chi connectivity index (χ3n) is 1.91. The number of H-pyrrole nitrogens is 1. The van der Waals surface area contributed by atoms with Crippen molar-refractivity contribution in [2.24, 2.45) is 0 Å². The van der Waals surface area contributed by atoms with E-state index in [1.807, 2.05) is 36.4 Å². The number of nitrogens with two attached hydrogens (primary N) is 1. The molecule has 2 rings (SSSR count). The van der Waals surface area contributed by atoms with Crippen LogP contribution >= 0.6 is 0 Å². The molecule has 14 heavy (non-hydrogen) atoms. The van der Waals surface area contributed by atoms with Crippen LogP contribution in [0.25, 0.3) is 12.2 Å². The number of aromatic nitrogens is 2. The minimum Gasteiger partial charge on any atom is -0.399 e. The Hall–Kier alpha value is -2.03. The summed E-state index contributed by atoms with van der Waals surface area (Å²) in [5.41, 5.74) is 8.47. The van der Waals surface area contributed by atoms with Gasteiger partial charge in [0.1, 0.15) is 0 Å². The Morgan fingerprint density at radius 2 is 1.93 bits per heavy atom. The van der Waals surface area contributed by atoms with Crippen molar-refractivity contribution in [3.8, 4) is 0 Å². The van der Waals surface area contributed by atoms with Crippen LogP contribution in [0.2, 0.25) is 0 Å². The SMILES string of the molecule is Nc1ccc(/C=C/c2cnc[nH]2)cc1. The van der Waals surface area contributed by atoms with E-state index in [-0.39, 0.29) is 0 Å². The molecule has 0 aliphatic heterocycles. The average Bonchev–Trinajstić information content (AvgIpc) is 2.70. The lowest BCUT2D eigenvalue weighted by Crippen LogP contribution is -1.82. The molecule has 0 radical (unpaired) electrons. The predicted octanol–water partition coefficient (Wildman–Crippen LogP) is 2.16. The molecule has 3 heteroatoms. The second-order valence-corrected chi connectivity index (χ2v) is 3.01. The largest absolute Gasteiger partial charge is 0.399 e. The Balaban J connectivity index is 2.15. The number of anilines is 1. The highest BCUT2D eigenvalue weighted by Crippen LogP contribution is 2.08. The van der Waals surface area contributed by atoms with Gasteiger partial charge in [-0.15, -0.1) is 0 Å². The molecular weight excluding hydrogens is 174 g/mol. The van der Waals surface area contributed by atoms with Crippen molar-refractivity contribution in [2.75, 3.05) is 5.73 Å². The monoisotopic (exact) mass is 185 g/mol. The van der Waals surface area contributed by atoms with Gasteiger partial charge in [0.05, 0.1) is 18.2 Å². The fraction of sp³-hybridized carbons (Fsp3) is 0. The Morgan fingerprint density at radius 3 is 2.57 bits per heavy atom. The number of hydrogen-bond donors (Lipinski definition) is 2. The van der Waals surface area contributed by atoms with E-state index in [1.54, 1.807) is 12.5 Å². The quantitative estimate of drug-likeness (QED) is 0.704. The van der Waals surface area contributed by atoms with E-state index in [0.29, 0.717) is 0 Å². The molecule has 0 atom stereocenters. The van der Waals surface area contributed by atoms with Gasteiger partial charge in [0, 0.05) is 5.69 Å². The third kappa shape index (κ3) is 2.01. The molecular formula is C11H11N3. The van der Waals surface area contributed by atoms with Crippen molar-refractivity contribution in [1.82, 2.24) is 9.97 Å². The van der Waals surface area contributed by atoms with E-state index in [2.05, 4.69) is 9.97 Å². The number of benzene rings is 1. The minimum atomic E-state index is 0.781. The molecule has 0 saturated heterocycles. The van der Waals surface area contributed by atoms with Gasteiger partial charge < -0.3 is 10.7 Å². The molecule has 0 fully saturated rings. The zero-order chi connectivity index (χ0) is 9.80. The summed E-state index contributed by atoms with van der Waals surface area (Å²) in [5, 5.41) is 0. The van der Waals surface area contributed by atoms with Crippen molar-refractivity contribution >= 4 is 17.8 Å². The second-order valence-electron chi connectivity index (χ2n) is 3.01. The van der Waals surface area contributed by atoms with Crippen molar-refractivity contribution in [3.05, 3.63) is 48.0 Å². The number of aromatic amines is 1. The van der Waals surface area contributed by atoms with Gasteiger partial charge in [0.15, 0.2) is 0 Å². The summed E-state index contributed by atoms with van der Waals surface area (Å²) in [6.07, 6.45) is 7.40.